The molecule has 114 valence electrons. The summed E-state index contributed by atoms with van der Waals surface area (Å²) in [5.74, 6) is -2.90. The largest absolute Gasteiger partial charge is 1.00 e. The van der Waals surface area contributed by atoms with Crippen LogP contribution in [0.2, 0.25) is 0 Å². The standard InChI is InChI=1S/C13H13O7S.Na/c1-13(2)4-7-6(11(14)15)3-9(21(18,19)20)8(5-13)10(7)12(16)17;/h4-5H2,1-2H3,(H,14,15)(H,16,17)(H,18,19,20);/q-1;+1. The van der Waals surface area contributed by atoms with E-state index >= 15 is 0 Å². The number of rotatable bonds is 3. The third-order valence-electron chi connectivity index (χ3n) is 3.41. The SMILES string of the molecule is CC1(C)Cc2c(C(=O)O)[c-]c(S(=O)(=O)O)c(c2C(=O)O)C1.[Na+]. The first-order chi connectivity index (χ1) is 9.44. The summed E-state index contributed by atoms with van der Waals surface area (Å²) in [6.45, 7) is 3.52. The molecule has 0 aromatic heterocycles. The zero-order chi connectivity index (χ0) is 16.2. The summed E-state index contributed by atoms with van der Waals surface area (Å²) in [4.78, 5) is 21.9. The van der Waals surface area contributed by atoms with E-state index in [0.717, 1.165) is 0 Å². The van der Waals surface area contributed by atoms with E-state index in [1.54, 1.807) is 13.8 Å². The molecule has 2 bridgehead atoms. The van der Waals surface area contributed by atoms with Crippen molar-refractivity contribution in [1.82, 2.24) is 0 Å². The van der Waals surface area contributed by atoms with E-state index in [0.29, 0.717) is 0 Å². The maximum Gasteiger partial charge on any atom is 1.00 e. The zero-order valence-corrected chi connectivity index (χ0v) is 15.1. The van der Waals surface area contributed by atoms with Gasteiger partial charge in [0.15, 0.2) is 0 Å². The van der Waals surface area contributed by atoms with Crippen LogP contribution in [0, 0.1) is 11.5 Å². The Kier molecular flexibility index (Phi) is 5.16. The molecule has 1 aromatic rings. The number of carboxylic acids is 2. The Hall–Kier alpha value is -0.930. The van der Waals surface area contributed by atoms with Gasteiger partial charge < -0.3 is 15.0 Å². The van der Waals surface area contributed by atoms with Gasteiger partial charge in [-0.2, -0.15) is 8.42 Å². The first-order valence-corrected chi connectivity index (χ1v) is 7.43. The number of benzene rings is 1. The normalized spacial score (nSPS) is 15.8. The van der Waals surface area contributed by atoms with Gasteiger partial charge in [-0.05, 0) is 11.0 Å². The summed E-state index contributed by atoms with van der Waals surface area (Å²) in [6.07, 6.45) is 0.263. The van der Waals surface area contributed by atoms with Crippen molar-refractivity contribution in [2.24, 2.45) is 5.41 Å². The summed E-state index contributed by atoms with van der Waals surface area (Å²) in [7, 11) is -4.77. The van der Waals surface area contributed by atoms with Crippen LogP contribution in [0.25, 0.3) is 0 Å². The summed E-state index contributed by atoms with van der Waals surface area (Å²) >= 11 is 0. The van der Waals surface area contributed by atoms with E-state index in [1.165, 1.54) is 0 Å². The average Bonchev–Trinajstić information content (AvgIpc) is 2.23. The molecule has 0 saturated heterocycles. The quantitative estimate of drug-likeness (QED) is 0.339. The molecule has 1 aromatic carbocycles. The van der Waals surface area contributed by atoms with Crippen molar-refractivity contribution >= 4 is 22.1 Å². The Labute approximate surface area is 149 Å². The fourth-order valence-corrected chi connectivity index (χ4v) is 3.43. The third-order valence-corrected chi connectivity index (χ3v) is 4.28. The van der Waals surface area contributed by atoms with Crippen molar-refractivity contribution in [3.63, 3.8) is 0 Å². The molecule has 22 heavy (non-hydrogen) atoms. The van der Waals surface area contributed by atoms with Crippen molar-refractivity contribution in [2.45, 2.75) is 31.6 Å². The van der Waals surface area contributed by atoms with E-state index in [1.807, 2.05) is 0 Å². The fraction of sp³-hybridized carbons (Fsp3) is 0.385. The van der Waals surface area contributed by atoms with Crippen molar-refractivity contribution in [3.05, 3.63) is 28.3 Å². The first-order valence-electron chi connectivity index (χ1n) is 5.99. The molecule has 3 N–H and O–H groups in total. The molecule has 1 aliphatic carbocycles. The number of carbonyl (C=O) groups is 2. The van der Waals surface area contributed by atoms with E-state index in [9.17, 15) is 32.8 Å². The number of hydrogen-bond acceptors (Lipinski definition) is 4. The van der Waals surface area contributed by atoms with Crippen LogP contribution >= 0.6 is 0 Å². The number of fused-ring (bicyclic) bond motifs is 2. The summed E-state index contributed by atoms with van der Waals surface area (Å²) in [5.41, 5.74) is -1.48. The monoisotopic (exact) mass is 336 g/mol. The Morgan fingerprint density at radius 3 is 2.00 bits per heavy atom. The number of carboxylic acid groups (broad SMARTS) is 2. The van der Waals surface area contributed by atoms with Crippen molar-refractivity contribution in [2.75, 3.05) is 0 Å². The van der Waals surface area contributed by atoms with Gasteiger partial charge in [0, 0.05) is 4.90 Å². The molecular formula is C13H13NaO7S. The minimum absolute atomic E-state index is 0. The van der Waals surface area contributed by atoms with Gasteiger partial charge in [-0.1, -0.05) is 37.8 Å². The molecule has 0 fully saturated rings. The first kappa shape index (κ1) is 19.1. The molecule has 0 unspecified atom stereocenters. The van der Waals surface area contributed by atoms with Crippen LogP contribution in [0.5, 0.6) is 0 Å². The molecule has 2 rings (SSSR count). The zero-order valence-electron chi connectivity index (χ0n) is 12.3. The van der Waals surface area contributed by atoms with Gasteiger partial charge in [0.2, 0.25) is 5.97 Å². The molecule has 7 nitrogen and oxygen atoms in total. The van der Waals surface area contributed by atoms with E-state index in [2.05, 4.69) is 6.07 Å². The van der Waals surface area contributed by atoms with Crippen molar-refractivity contribution in [3.8, 4) is 0 Å². The van der Waals surface area contributed by atoms with Crippen LogP contribution in [0.1, 0.15) is 45.7 Å². The predicted octanol–water partition coefficient (Wildman–Crippen LogP) is -1.74. The van der Waals surface area contributed by atoms with Gasteiger partial charge >= 0.3 is 35.5 Å². The van der Waals surface area contributed by atoms with Gasteiger partial charge in [0.25, 0.3) is 10.1 Å². The van der Waals surface area contributed by atoms with E-state index in [4.69, 9.17) is 0 Å². The molecule has 0 spiro atoms. The minimum Gasteiger partial charge on any atom is -0.521 e. The van der Waals surface area contributed by atoms with Crippen LogP contribution in [0.3, 0.4) is 0 Å². The predicted molar refractivity (Wildman–Crippen MR) is 70.2 cm³/mol. The number of hydrogen-bond donors (Lipinski definition) is 3. The molecule has 0 heterocycles. The Bertz CT molecular complexity index is 765. The minimum atomic E-state index is -4.77. The van der Waals surface area contributed by atoms with Crippen LogP contribution in [0.4, 0.5) is 0 Å². The maximum absolute atomic E-state index is 11.4. The molecule has 0 atom stereocenters. The van der Waals surface area contributed by atoms with E-state index < -0.39 is 37.9 Å². The van der Waals surface area contributed by atoms with Gasteiger partial charge in [-0.15, -0.1) is 11.6 Å². The van der Waals surface area contributed by atoms with Crippen LogP contribution < -0.4 is 29.6 Å². The van der Waals surface area contributed by atoms with Gasteiger partial charge in [-0.3, -0.25) is 4.55 Å². The summed E-state index contributed by atoms with van der Waals surface area (Å²) in [6, 6.07) is 2.16. The molecule has 1 aliphatic rings. The Morgan fingerprint density at radius 1 is 1.09 bits per heavy atom. The van der Waals surface area contributed by atoms with Gasteiger partial charge in [0.1, 0.15) is 0 Å². The Balaban J connectivity index is 0.00000242. The molecule has 0 radical (unpaired) electrons. The summed E-state index contributed by atoms with van der Waals surface area (Å²) < 4.78 is 32.1. The summed E-state index contributed by atoms with van der Waals surface area (Å²) in [5, 5.41) is 18.5. The third kappa shape index (κ3) is 3.36. The second-order valence-corrected chi connectivity index (χ2v) is 7.12. The molecule has 0 saturated carbocycles. The maximum atomic E-state index is 11.4. The van der Waals surface area contributed by atoms with Crippen LogP contribution in [-0.2, 0) is 23.0 Å². The van der Waals surface area contributed by atoms with Crippen LogP contribution in [-0.4, -0.2) is 35.1 Å². The van der Waals surface area contributed by atoms with Gasteiger partial charge in [0.05, 0.1) is 0 Å². The molecule has 0 aliphatic heterocycles. The van der Waals surface area contributed by atoms with Crippen molar-refractivity contribution < 1.29 is 62.3 Å². The van der Waals surface area contributed by atoms with Gasteiger partial charge in [-0.25, -0.2) is 4.79 Å². The molecular weight excluding hydrogens is 323 g/mol. The average molecular weight is 336 g/mol. The number of aromatic carboxylic acids is 2. The van der Waals surface area contributed by atoms with Crippen molar-refractivity contribution in [1.29, 1.82) is 0 Å². The molecule has 9 heteroatoms. The second kappa shape index (κ2) is 5.93. The Morgan fingerprint density at radius 2 is 1.59 bits per heavy atom. The van der Waals surface area contributed by atoms with E-state index in [-0.39, 0.29) is 59.1 Å². The second-order valence-electron chi connectivity index (χ2n) is 5.76. The molecule has 0 amide bonds. The smallest absolute Gasteiger partial charge is 0.521 e. The van der Waals surface area contributed by atoms with Crippen LogP contribution in [0.15, 0.2) is 4.90 Å². The fourth-order valence-electron chi connectivity index (χ4n) is 2.71. The topological polar surface area (TPSA) is 129 Å².